The number of halogens is 4. The molecule has 0 radical (unpaired) electrons. The average molecular weight is 377 g/mol. The van der Waals surface area contributed by atoms with E-state index in [0.717, 1.165) is 22.6 Å². The Labute approximate surface area is 152 Å². The van der Waals surface area contributed by atoms with E-state index in [-0.39, 0.29) is 6.54 Å². The van der Waals surface area contributed by atoms with Gasteiger partial charge >= 0.3 is 0 Å². The van der Waals surface area contributed by atoms with Gasteiger partial charge in [0.15, 0.2) is 11.6 Å². The SMILES string of the molecule is Cc1cn(CC(=O)N2CC(F)(F)C2)c2cc(-c3ccc(F)c(F)c3)cnc12. The summed E-state index contributed by atoms with van der Waals surface area (Å²) in [5.74, 6) is -5.13. The molecule has 27 heavy (non-hydrogen) atoms. The maximum Gasteiger partial charge on any atom is 0.282 e. The highest BCUT2D eigenvalue weighted by Gasteiger charge is 2.46. The van der Waals surface area contributed by atoms with Crippen LogP contribution in [0.3, 0.4) is 0 Å². The van der Waals surface area contributed by atoms with Crippen LogP contribution in [0.25, 0.3) is 22.2 Å². The van der Waals surface area contributed by atoms with Crippen LogP contribution in [-0.2, 0) is 11.3 Å². The summed E-state index contributed by atoms with van der Waals surface area (Å²) >= 11 is 0. The zero-order chi connectivity index (χ0) is 19.3. The molecule has 1 aliphatic heterocycles. The third-order valence-electron chi connectivity index (χ3n) is 4.66. The van der Waals surface area contributed by atoms with Gasteiger partial charge in [0.25, 0.3) is 5.92 Å². The number of amides is 1. The molecular weight excluding hydrogens is 362 g/mol. The van der Waals surface area contributed by atoms with Crippen molar-refractivity contribution in [2.24, 2.45) is 0 Å². The summed E-state index contributed by atoms with van der Waals surface area (Å²) in [6, 6.07) is 5.27. The molecule has 0 N–H and O–H groups in total. The van der Waals surface area contributed by atoms with Gasteiger partial charge in [0, 0.05) is 18.0 Å². The van der Waals surface area contributed by atoms with Crippen molar-refractivity contribution in [1.29, 1.82) is 0 Å². The first-order valence-corrected chi connectivity index (χ1v) is 8.30. The summed E-state index contributed by atoms with van der Waals surface area (Å²) in [4.78, 5) is 17.7. The number of nitrogens with zero attached hydrogens (tertiary/aromatic N) is 3. The summed E-state index contributed by atoms with van der Waals surface area (Å²) in [5.41, 5.74) is 3.10. The summed E-state index contributed by atoms with van der Waals surface area (Å²) in [6.07, 6.45) is 3.27. The molecular formula is C19H15F4N3O. The highest BCUT2D eigenvalue weighted by Crippen LogP contribution is 2.29. The molecule has 4 rings (SSSR count). The molecule has 0 atom stereocenters. The van der Waals surface area contributed by atoms with E-state index in [9.17, 15) is 22.4 Å². The molecule has 8 heteroatoms. The van der Waals surface area contributed by atoms with Crippen molar-refractivity contribution in [2.75, 3.05) is 13.1 Å². The Morgan fingerprint density at radius 3 is 2.56 bits per heavy atom. The van der Waals surface area contributed by atoms with Crippen molar-refractivity contribution in [3.05, 3.63) is 53.9 Å². The van der Waals surface area contributed by atoms with E-state index in [2.05, 4.69) is 4.98 Å². The van der Waals surface area contributed by atoms with Crippen molar-refractivity contribution in [1.82, 2.24) is 14.5 Å². The maximum atomic E-state index is 13.5. The summed E-state index contributed by atoms with van der Waals surface area (Å²) in [6.45, 7) is 0.597. The topological polar surface area (TPSA) is 38.1 Å². The maximum absolute atomic E-state index is 13.5. The number of aryl methyl sites for hydroxylation is 1. The molecule has 0 saturated carbocycles. The van der Waals surface area contributed by atoms with Crippen LogP contribution in [-0.4, -0.2) is 39.4 Å². The molecule has 4 nitrogen and oxygen atoms in total. The molecule has 1 amide bonds. The zero-order valence-electron chi connectivity index (χ0n) is 14.3. The van der Waals surface area contributed by atoms with Crippen LogP contribution in [0.1, 0.15) is 5.56 Å². The largest absolute Gasteiger partial charge is 0.336 e. The lowest BCUT2D eigenvalue weighted by molar-refractivity contribution is -0.166. The van der Waals surface area contributed by atoms with Crippen LogP contribution in [0.2, 0.25) is 0 Å². The molecule has 1 aliphatic rings. The zero-order valence-corrected chi connectivity index (χ0v) is 14.3. The second-order valence-electron chi connectivity index (χ2n) is 6.77. The van der Waals surface area contributed by atoms with Gasteiger partial charge in [0.1, 0.15) is 6.54 Å². The lowest BCUT2D eigenvalue weighted by Gasteiger charge is -2.38. The number of carbonyl (C=O) groups excluding carboxylic acids is 1. The predicted molar refractivity (Wildman–Crippen MR) is 91.3 cm³/mol. The fourth-order valence-corrected chi connectivity index (χ4v) is 3.24. The molecule has 0 unspecified atom stereocenters. The number of hydrogen-bond acceptors (Lipinski definition) is 2. The number of hydrogen-bond donors (Lipinski definition) is 0. The van der Waals surface area contributed by atoms with Crippen LogP contribution in [0.4, 0.5) is 17.6 Å². The minimum Gasteiger partial charge on any atom is -0.336 e. The van der Waals surface area contributed by atoms with Crippen LogP contribution in [0, 0.1) is 18.6 Å². The van der Waals surface area contributed by atoms with E-state index in [0.29, 0.717) is 22.2 Å². The van der Waals surface area contributed by atoms with Gasteiger partial charge in [-0.1, -0.05) is 6.07 Å². The van der Waals surface area contributed by atoms with Crippen LogP contribution < -0.4 is 0 Å². The fraction of sp³-hybridized carbons (Fsp3) is 0.263. The van der Waals surface area contributed by atoms with Gasteiger partial charge in [0.2, 0.25) is 5.91 Å². The standard InChI is InChI=1S/C19H15F4N3O/c1-11-7-25(8-17(27)26-9-19(22,23)10-26)16-5-13(6-24-18(11)16)12-2-3-14(20)15(21)4-12/h2-7H,8-10H2,1H3. The number of rotatable bonds is 3. The number of pyridine rings is 1. The highest BCUT2D eigenvalue weighted by molar-refractivity contribution is 5.86. The van der Waals surface area contributed by atoms with Gasteiger partial charge < -0.3 is 9.47 Å². The minimum atomic E-state index is -2.81. The average Bonchev–Trinajstić information content (AvgIpc) is 2.90. The molecule has 3 aromatic rings. The quantitative estimate of drug-likeness (QED) is 0.652. The smallest absolute Gasteiger partial charge is 0.282 e. The van der Waals surface area contributed by atoms with Crippen molar-refractivity contribution >= 4 is 16.9 Å². The summed E-state index contributed by atoms with van der Waals surface area (Å²) < 4.78 is 54.3. The number of aromatic nitrogens is 2. The molecule has 0 bridgehead atoms. The Morgan fingerprint density at radius 2 is 1.89 bits per heavy atom. The van der Waals surface area contributed by atoms with Gasteiger partial charge in [-0.15, -0.1) is 0 Å². The number of carbonyl (C=O) groups is 1. The molecule has 0 aliphatic carbocycles. The van der Waals surface area contributed by atoms with E-state index in [1.54, 1.807) is 23.0 Å². The van der Waals surface area contributed by atoms with Crippen LogP contribution in [0.5, 0.6) is 0 Å². The van der Waals surface area contributed by atoms with Crippen LogP contribution in [0.15, 0.2) is 36.7 Å². The summed E-state index contributed by atoms with van der Waals surface area (Å²) in [7, 11) is 0. The van der Waals surface area contributed by atoms with E-state index < -0.39 is 36.6 Å². The Hall–Kier alpha value is -2.90. The Balaban J connectivity index is 1.67. The van der Waals surface area contributed by atoms with Crippen molar-refractivity contribution in [3.63, 3.8) is 0 Å². The normalized spacial score (nSPS) is 15.8. The molecule has 0 spiro atoms. The fourth-order valence-electron chi connectivity index (χ4n) is 3.24. The van der Waals surface area contributed by atoms with Gasteiger partial charge in [-0.3, -0.25) is 9.78 Å². The molecule has 140 valence electrons. The second-order valence-corrected chi connectivity index (χ2v) is 6.77. The van der Waals surface area contributed by atoms with Gasteiger partial charge in [-0.05, 0) is 36.2 Å². The van der Waals surface area contributed by atoms with Crippen molar-refractivity contribution in [2.45, 2.75) is 19.4 Å². The van der Waals surface area contributed by atoms with E-state index in [1.807, 2.05) is 6.92 Å². The third-order valence-corrected chi connectivity index (χ3v) is 4.66. The predicted octanol–water partition coefficient (Wildman–Crippen LogP) is 3.77. The molecule has 1 saturated heterocycles. The van der Waals surface area contributed by atoms with Gasteiger partial charge in [0.05, 0.1) is 24.1 Å². The van der Waals surface area contributed by atoms with E-state index >= 15 is 0 Å². The number of alkyl halides is 2. The number of likely N-dealkylation sites (tertiary alicyclic amines) is 1. The Kier molecular flexibility index (Phi) is 3.94. The highest BCUT2D eigenvalue weighted by atomic mass is 19.3. The first-order valence-electron chi connectivity index (χ1n) is 8.30. The number of benzene rings is 1. The Bertz CT molecular complexity index is 1050. The van der Waals surface area contributed by atoms with Crippen molar-refractivity contribution in [3.8, 4) is 11.1 Å². The molecule has 2 aromatic heterocycles. The van der Waals surface area contributed by atoms with E-state index in [1.165, 1.54) is 6.07 Å². The first kappa shape index (κ1) is 17.5. The monoisotopic (exact) mass is 377 g/mol. The molecule has 1 aromatic carbocycles. The summed E-state index contributed by atoms with van der Waals surface area (Å²) in [5, 5.41) is 0. The minimum absolute atomic E-state index is 0.0939. The lowest BCUT2D eigenvalue weighted by atomic mass is 10.1. The number of fused-ring (bicyclic) bond motifs is 1. The van der Waals surface area contributed by atoms with Gasteiger partial charge in [-0.25, -0.2) is 17.6 Å². The lowest BCUT2D eigenvalue weighted by Crippen LogP contribution is -2.59. The molecule has 1 fully saturated rings. The molecule has 3 heterocycles. The first-order chi connectivity index (χ1) is 12.7. The Morgan fingerprint density at radius 1 is 1.15 bits per heavy atom. The van der Waals surface area contributed by atoms with Crippen molar-refractivity contribution < 1.29 is 22.4 Å². The van der Waals surface area contributed by atoms with Crippen LogP contribution >= 0.6 is 0 Å². The third kappa shape index (κ3) is 3.15. The second kappa shape index (κ2) is 6.07. The van der Waals surface area contributed by atoms with Gasteiger partial charge in [-0.2, -0.15) is 0 Å². The van der Waals surface area contributed by atoms with E-state index in [4.69, 9.17) is 0 Å².